The van der Waals surface area contributed by atoms with Crippen molar-refractivity contribution in [3.8, 4) is 0 Å². The first-order valence-electron chi connectivity index (χ1n) is 8.48. The van der Waals surface area contributed by atoms with Gasteiger partial charge in [0.2, 0.25) is 5.91 Å². The second kappa shape index (κ2) is 8.25. The average Bonchev–Trinajstić information content (AvgIpc) is 2.47. The molecule has 0 spiro atoms. The molecule has 4 heteroatoms. The van der Waals surface area contributed by atoms with Crippen molar-refractivity contribution in [2.75, 3.05) is 4.90 Å². The van der Waals surface area contributed by atoms with E-state index in [-0.39, 0.29) is 17.4 Å². The van der Waals surface area contributed by atoms with E-state index >= 15 is 0 Å². The summed E-state index contributed by atoms with van der Waals surface area (Å²) in [6, 6.07) is 2.01. The minimum atomic E-state index is 0.0158. The molecule has 1 unspecified atom stereocenters. The van der Waals surface area contributed by atoms with Gasteiger partial charge in [-0.15, -0.1) is 0 Å². The molecule has 1 aromatic rings. The van der Waals surface area contributed by atoms with Gasteiger partial charge in [-0.05, 0) is 24.8 Å². The Balaban J connectivity index is 3.09. The molecule has 0 aliphatic rings. The normalized spacial score (nSPS) is 13.0. The fourth-order valence-electron chi connectivity index (χ4n) is 2.46. The summed E-state index contributed by atoms with van der Waals surface area (Å²) in [7, 11) is 0. The Kier molecular flexibility index (Phi) is 6.98. The summed E-state index contributed by atoms with van der Waals surface area (Å²) in [5.74, 6) is 1.69. The van der Waals surface area contributed by atoms with E-state index in [0.717, 1.165) is 37.3 Å². The van der Waals surface area contributed by atoms with Crippen molar-refractivity contribution >= 4 is 11.7 Å². The van der Waals surface area contributed by atoms with Gasteiger partial charge < -0.3 is 0 Å². The Morgan fingerprint density at radius 2 is 2.00 bits per heavy atom. The molecule has 4 nitrogen and oxygen atoms in total. The summed E-state index contributed by atoms with van der Waals surface area (Å²) in [6.45, 7) is 12.7. The van der Waals surface area contributed by atoms with Crippen LogP contribution in [0.4, 0.5) is 5.82 Å². The summed E-state index contributed by atoms with van der Waals surface area (Å²) in [6.07, 6.45) is 6.09. The van der Waals surface area contributed by atoms with Crippen LogP contribution in [-0.2, 0) is 11.2 Å². The zero-order valence-corrected chi connectivity index (χ0v) is 15.0. The van der Waals surface area contributed by atoms with Gasteiger partial charge in [-0.2, -0.15) is 0 Å². The number of carbonyl (C=O) groups is 1. The number of amides is 1. The molecule has 1 aromatic heterocycles. The van der Waals surface area contributed by atoms with Crippen LogP contribution in [0.5, 0.6) is 0 Å². The van der Waals surface area contributed by atoms with Gasteiger partial charge in [0.15, 0.2) is 0 Å². The lowest BCUT2D eigenvalue weighted by Crippen LogP contribution is -2.41. The standard InChI is InChI=1S/C18H31N3O/c1-7-10-14(4)21(17(22)13-18(5,6)9-3)16-11-12-19-15(8-2)20-16/h11-12,14H,7-10,13H2,1-6H3. The number of aryl methyl sites for hydroxylation is 1. The first-order valence-corrected chi connectivity index (χ1v) is 8.48. The monoisotopic (exact) mass is 305 g/mol. The highest BCUT2D eigenvalue weighted by Gasteiger charge is 2.28. The Bertz CT molecular complexity index is 485. The predicted octanol–water partition coefficient (Wildman–Crippen LogP) is 4.39. The summed E-state index contributed by atoms with van der Waals surface area (Å²) in [4.78, 5) is 23.6. The van der Waals surface area contributed by atoms with Gasteiger partial charge in [-0.1, -0.05) is 47.5 Å². The number of hydrogen-bond acceptors (Lipinski definition) is 3. The van der Waals surface area contributed by atoms with Crippen molar-refractivity contribution in [2.45, 2.75) is 79.7 Å². The number of hydrogen-bond donors (Lipinski definition) is 0. The van der Waals surface area contributed by atoms with Crippen LogP contribution in [-0.4, -0.2) is 21.9 Å². The number of nitrogens with zero attached hydrogens (tertiary/aromatic N) is 3. The first-order chi connectivity index (χ1) is 10.3. The molecule has 0 saturated carbocycles. The van der Waals surface area contributed by atoms with Crippen LogP contribution in [0.15, 0.2) is 12.3 Å². The van der Waals surface area contributed by atoms with E-state index in [0.29, 0.717) is 6.42 Å². The van der Waals surface area contributed by atoms with Gasteiger partial charge in [0, 0.05) is 25.1 Å². The number of rotatable bonds is 8. The third-order valence-corrected chi connectivity index (χ3v) is 4.26. The van der Waals surface area contributed by atoms with Crippen LogP contribution in [0.1, 0.15) is 73.1 Å². The van der Waals surface area contributed by atoms with Crippen LogP contribution in [0, 0.1) is 5.41 Å². The van der Waals surface area contributed by atoms with Crippen LogP contribution in [0.3, 0.4) is 0 Å². The second-order valence-electron chi connectivity index (χ2n) is 6.78. The molecule has 124 valence electrons. The maximum atomic E-state index is 12.9. The maximum Gasteiger partial charge on any atom is 0.228 e. The van der Waals surface area contributed by atoms with Gasteiger partial charge in [0.25, 0.3) is 0 Å². The third-order valence-electron chi connectivity index (χ3n) is 4.26. The first kappa shape index (κ1) is 18.6. The number of aromatic nitrogens is 2. The molecule has 0 aliphatic heterocycles. The van der Waals surface area contributed by atoms with E-state index in [2.05, 4.69) is 44.6 Å². The van der Waals surface area contributed by atoms with Crippen molar-refractivity contribution in [3.63, 3.8) is 0 Å². The van der Waals surface area contributed by atoms with Gasteiger partial charge in [-0.25, -0.2) is 9.97 Å². The van der Waals surface area contributed by atoms with Crippen LogP contribution < -0.4 is 4.90 Å². The maximum absolute atomic E-state index is 12.9. The van der Waals surface area contributed by atoms with Gasteiger partial charge in [0.05, 0.1) is 0 Å². The van der Waals surface area contributed by atoms with E-state index in [1.165, 1.54) is 0 Å². The molecule has 22 heavy (non-hydrogen) atoms. The van der Waals surface area contributed by atoms with E-state index < -0.39 is 0 Å². The average molecular weight is 305 g/mol. The fourth-order valence-corrected chi connectivity index (χ4v) is 2.46. The molecule has 0 radical (unpaired) electrons. The molecule has 0 aromatic carbocycles. The Hall–Kier alpha value is -1.45. The molecular weight excluding hydrogens is 274 g/mol. The minimum absolute atomic E-state index is 0.0158. The highest BCUT2D eigenvalue weighted by molar-refractivity contribution is 5.93. The lowest BCUT2D eigenvalue weighted by Gasteiger charge is -2.32. The van der Waals surface area contributed by atoms with E-state index in [4.69, 9.17) is 0 Å². The SMILES string of the molecule is CCCC(C)N(C(=O)CC(C)(C)CC)c1ccnc(CC)n1. The largest absolute Gasteiger partial charge is 0.294 e. The molecule has 0 N–H and O–H groups in total. The summed E-state index contributed by atoms with van der Waals surface area (Å²) >= 11 is 0. The Morgan fingerprint density at radius 1 is 1.32 bits per heavy atom. The fraction of sp³-hybridized carbons (Fsp3) is 0.722. The summed E-state index contributed by atoms with van der Waals surface area (Å²) < 4.78 is 0. The highest BCUT2D eigenvalue weighted by atomic mass is 16.2. The molecule has 0 saturated heterocycles. The molecule has 1 rings (SSSR count). The van der Waals surface area contributed by atoms with Crippen LogP contribution in [0.25, 0.3) is 0 Å². The smallest absolute Gasteiger partial charge is 0.228 e. The van der Waals surface area contributed by atoms with Gasteiger partial charge in [-0.3, -0.25) is 9.69 Å². The van der Waals surface area contributed by atoms with E-state index in [9.17, 15) is 4.79 Å². The quantitative estimate of drug-likeness (QED) is 0.715. The number of carbonyl (C=O) groups excluding carboxylic acids is 1. The zero-order chi connectivity index (χ0) is 16.8. The van der Waals surface area contributed by atoms with Crippen molar-refractivity contribution < 1.29 is 4.79 Å². The third kappa shape index (κ3) is 5.08. The Labute approximate surface area is 135 Å². The van der Waals surface area contributed by atoms with Crippen molar-refractivity contribution in [1.82, 2.24) is 9.97 Å². The van der Waals surface area contributed by atoms with E-state index in [1.54, 1.807) is 6.20 Å². The van der Waals surface area contributed by atoms with Crippen molar-refractivity contribution in [3.05, 3.63) is 18.1 Å². The highest BCUT2D eigenvalue weighted by Crippen LogP contribution is 2.28. The molecule has 1 atom stereocenters. The number of anilines is 1. The van der Waals surface area contributed by atoms with Crippen LogP contribution >= 0.6 is 0 Å². The topological polar surface area (TPSA) is 46.1 Å². The molecular formula is C18H31N3O. The predicted molar refractivity (Wildman–Crippen MR) is 92.0 cm³/mol. The van der Waals surface area contributed by atoms with Gasteiger partial charge >= 0.3 is 0 Å². The molecule has 0 aliphatic carbocycles. The molecule has 1 amide bonds. The lowest BCUT2D eigenvalue weighted by atomic mass is 9.86. The minimum Gasteiger partial charge on any atom is -0.294 e. The summed E-state index contributed by atoms with van der Waals surface area (Å²) in [5, 5.41) is 0. The lowest BCUT2D eigenvalue weighted by molar-refractivity contribution is -0.121. The molecule has 1 heterocycles. The van der Waals surface area contributed by atoms with Crippen molar-refractivity contribution in [1.29, 1.82) is 0 Å². The van der Waals surface area contributed by atoms with E-state index in [1.807, 2.05) is 17.9 Å². The molecule has 0 bridgehead atoms. The second-order valence-corrected chi connectivity index (χ2v) is 6.78. The summed E-state index contributed by atoms with van der Waals surface area (Å²) in [5.41, 5.74) is 0.0158. The molecule has 0 fully saturated rings. The van der Waals surface area contributed by atoms with Gasteiger partial charge in [0.1, 0.15) is 11.6 Å². The Morgan fingerprint density at radius 3 is 2.55 bits per heavy atom. The van der Waals surface area contributed by atoms with Crippen molar-refractivity contribution in [2.24, 2.45) is 5.41 Å². The zero-order valence-electron chi connectivity index (χ0n) is 15.0. The van der Waals surface area contributed by atoms with Crippen LogP contribution in [0.2, 0.25) is 0 Å².